The minimum absolute atomic E-state index is 0. The predicted octanol–water partition coefficient (Wildman–Crippen LogP) is 3.79. The number of hydrogen-bond donors (Lipinski definition) is 2. The Bertz CT molecular complexity index is 789. The molecular weight excluding hydrogens is 523 g/mol. The molecule has 1 fully saturated rings. The summed E-state index contributed by atoms with van der Waals surface area (Å²) in [6.45, 7) is 12.0. The maximum Gasteiger partial charge on any atom is 0.191 e. The van der Waals surface area contributed by atoms with Crippen LogP contribution in [0.1, 0.15) is 25.0 Å². The lowest BCUT2D eigenvalue weighted by Crippen LogP contribution is -2.46. The molecule has 6 nitrogen and oxygen atoms in total. The van der Waals surface area contributed by atoms with Crippen molar-refractivity contribution >= 4 is 47.4 Å². The molecule has 0 bridgehead atoms. The maximum absolute atomic E-state index is 5.95. The fraction of sp³-hybridized carbons (Fsp3) is 0.478. The lowest BCUT2D eigenvalue weighted by Gasteiger charge is -2.34. The van der Waals surface area contributed by atoms with Crippen molar-refractivity contribution in [3.8, 4) is 0 Å². The van der Waals surface area contributed by atoms with E-state index in [9.17, 15) is 0 Å². The first kappa shape index (κ1) is 25.7. The molecule has 170 valence electrons. The lowest BCUT2D eigenvalue weighted by atomic mass is 10.1. The minimum atomic E-state index is 0. The molecule has 0 spiro atoms. The summed E-state index contributed by atoms with van der Waals surface area (Å²) in [6.07, 6.45) is 2.87. The fourth-order valence-electron chi connectivity index (χ4n) is 3.48. The van der Waals surface area contributed by atoms with Crippen LogP contribution in [0, 0.1) is 0 Å². The van der Waals surface area contributed by atoms with Gasteiger partial charge in [0.25, 0.3) is 0 Å². The summed E-state index contributed by atoms with van der Waals surface area (Å²) in [7, 11) is 0. The standard InChI is InChI=1S/C23H33ClN6.HI/c1-3-25-23(26-12-11-19-5-8-21(24)9-6-19)28-18-20-7-10-22(27-17-20)30-15-13-29(4-2)14-16-30;/h5-10,17H,3-4,11-16,18H2,1-2H3,(H2,25,26,28);1H. The highest BCUT2D eigenvalue weighted by atomic mass is 127. The molecule has 1 aromatic carbocycles. The van der Waals surface area contributed by atoms with Gasteiger partial charge in [-0.05, 0) is 49.2 Å². The van der Waals surface area contributed by atoms with E-state index in [1.54, 1.807) is 0 Å². The van der Waals surface area contributed by atoms with E-state index < -0.39 is 0 Å². The number of nitrogens with zero attached hydrogens (tertiary/aromatic N) is 4. The van der Waals surface area contributed by atoms with E-state index in [1.165, 1.54) is 5.56 Å². The van der Waals surface area contributed by atoms with Crippen molar-refractivity contribution in [3.05, 3.63) is 58.7 Å². The van der Waals surface area contributed by atoms with E-state index >= 15 is 0 Å². The molecule has 0 radical (unpaired) electrons. The van der Waals surface area contributed by atoms with E-state index in [2.05, 4.69) is 63.5 Å². The molecule has 2 aromatic rings. The van der Waals surface area contributed by atoms with Crippen LogP contribution in [0.3, 0.4) is 0 Å². The second kappa shape index (κ2) is 13.8. The maximum atomic E-state index is 5.95. The van der Waals surface area contributed by atoms with E-state index in [4.69, 9.17) is 16.6 Å². The van der Waals surface area contributed by atoms with Gasteiger partial charge in [0.15, 0.2) is 5.96 Å². The second-order valence-electron chi connectivity index (χ2n) is 7.44. The first-order valence-corrected chi connectivity index (χ1v) is 11.2. The number of guanidine groups is 1. The second-order valence-corrected chi connectivity index (χ2v) is 7.88. The lowest BCUT2D eigenvalue weighted by molar-refractivity contribution is 0.270. The molecule has 0 unspecified atom stereocenters. The van der Waals surface area contributed by atoms with Gasteiger partial charge in [-0.25, -0.2) is 9.98 Å². The first-order chi connectivity index (χ1) is 14.7. The van der Waals surface area contributed by atoms with Crippen molar-refractivity contribution in [1.82, 2.24) is 20.5 Å². The van der Waals surface area contributed by atoms with Crippen LogP contribution < -0.4 is 15.5 Å². The van der Waals surface area contributed by atoms with Crippen molar-refractivity contribution in [3.63, 3.8) is 0 Å². The molecule has 0 amide bonds. The molecule has 2 N–H and O–H groups in total. The van der Waals surface area contributed by atoms with Crippen molar-refractivity contribution in [2.75, 3.05) is 50.7 Å². The number of aliphatic imine (C=N–C) groups is 1. The number of halogens is 2. The molecule has 1 saturated heterocycles. The highest BCUT2D eigenvalue weighted by molar-refractivity contribution is 14.0. The molecule has 31 heavy (non-hydrogen) atoms. The number of likely N-dealkylation sites (N-methyl/N-ethyl adjacent to an activating group) is 1. The Morgan fingerprint density at radius 1 is 1.00 bits per heavy atom. The molecule has 2 heterocycles. The van der Waals surface area contributed by atoms with Crippen molar-refractivity contribution in [2.45, 2.75) is 26.8 Å². The molecule has 3 rings (SSSR count). The zero-order chi connectivity index (χ0) is 21.2. The third-order valence-electron chi connectivity index (χ3n) is 5.34. The van der Waals surface area contributed by atoms with Crippen LogP contribution in [-0.4, -0.2) is 61.7 Å². The van der Waals surface area contributed by atoms with Crippen molar-refractivity contribution < 1.29 is 0 Å². The van der Waals surface area contributed by atoms with Crippen molar-refractivity contribution in [1.29, 1.82) is 0 Å². The first-order valence-electron chi connectivity index (χ1n) is 10.9. The molecular formula is C23H34ClIN6. The molecule has 0 saturated carbocycles. The van der Waals surface area contributed by atoms with Crippen LogP contribution in [0.15, 0.2) is 47.6 Å². The van der Waals surface area contributed by atoms with Gasteiger partial charge in [-0.3, -0.25) is 0 Å². The van der Waals surface area contributed by atoms with Gasteiger partial charge in [0.1, 0.15) is 5.82 Å². The van der Waals surface area contributed by atoms with Gasteiger partial charge in [-0.2, -0.15) is 0 Å². The number of pyridine rings is 1. The average molecular weight is 557 g/mol. The summed E-state index contributed by atoms with van der Waals surface area (Å²) in [6, 6.07) is 12.2. The Morgan fingerprint density at radius 3 is 2.32 bits per heavy atom. The molecule has 0 aliphatic carbocycles. The van der Waals surface area contributed by atoms with Gasteiger partial charge in [-0.15, -0.1) is 24.0 Å². The van der Waals surface area contributed by atoms with Crippen LogP contribution in [-0.2, 0) is 13.0 Å². The Labute approximate surface area is 208 Å². The average Bonchev–Trinajstić information content (AvgIpc) is 2.79. The normalized spacial score (nSPS) is 14.8. The molecule has 1 aliphatic heterocycles. The smallest absolute Gasteiger partial charge is 0.191 e. The number of nitrogens with one attached hydrogen (secondary N) is 2. The Morgan fingerprint density at radius 2 is 1.71 bits per heavy atom. The van der Waals surface area contributed by atoms with Crippen LogP contribution in [0.25, 0.3) is 0 Å². The van der Waals surface area contributed by atoms with Crippen LogP contribution in [0.5, 0.6) is 0 Å². The summed E-state index contributed by atoms with van der Waals surface area (Å²) >= 11 is 5.95. The third kappa shape index (κ3) is 8.46. The monoisotopic (exact) mass is 556 g/mol. The summed E-state index contributed by atoms with van der Waals surface area (Å²) in [5.74, 6) is 1.89. The van der Waals surface area contributed by atoms with Gasteiger partial charge in [0.05, 0.1) is 6.54 Å². The van der Waals surface area contributed by atoms with Gasteiger partial charge in [-0.1, -0.05) is 36.7 Å². The highest BCUT2D eigenvalue weighted by Gasteiger charge is 2.16. The molecule has 8 heteroatoms. The summed E-state index contributed by atoms with van der Waals surface area (Å²) in [4.78, 5) is 14.2. The molecule has 1 aromatic heterocycles. The fourth-order valence-corrected chi connectivity index (χ4v) is 3.60. The zero-order valence-electron chi connectivity index (χ0n) is 18.5. The Kier molecular flexibility index (Phi) is 11.4. The Balaban J connectivity index is 0.00000341. The van der Waals surface area contributed by atoms with Gasteiger partial charge >= 0.3 is 0 Å². The Hall–Kier alpha value is -1.58. The van der Waals surface area contributed by atoms with E-state index in [-0.39, 0.29) is 24.0 Å². The number of anilines is 1. The van der Waals surface area contributed by atoms with Crippen LogP contribution in [0.2, 0.25) is 5.02 Å². The zero-order valence-corrected chi connectivity index (χ0v) is 21.6. The number of rotatable bonds is 8. The van der Waals surface area contributed by atoms with Gasteiger partial charge in [0, 0.05) is 50.5 Å². The predicted molar refractivity (Wildman–Crippen MR) is 142 cm³/mol. The molecule has 0 atom stereocenters. The van der Waals surface area contributed by atoms with Gasteiger partial charge in [0.2, 0.25) is 0 Å². The number of aromatic nitrogens is 1. The largest absolute Gasteiger partial charge is 0.357 e. The number of hydrogen-bond acceptors (Lipinski definition) is 4. The summed E-state index contributed by atoms with van der Waals surface area (Å²) in [5.41, 5.74) is 2.36. The summed E-state index contributed by atoms with van der Waals surface area (Å²) in [5, 5.41) is 7.47. The summed E-state index contributed by atoms with van der Waals surface area (Å²) < 4.78 is 0. The molecule has 1 aliphatic rings. The minimum Gasteiger partial charge on any atom is -0.357 e. The number of piperazine rings is 1. The topological polar surface area (TPSA) is 55.8 Å². The van der Waals surface area contributed by atoms with Gasteiger partial charge < -0.3 is 20.4 Å². The number of benzene rings is 1. The highest BCUT2D eigenvalue weighted by Crippen LogP contribution is 2.14. The third-order valence-corrected chi connectivity index (χ3v) is 5.59. The van der Waals surface area contributed by atoms with E-state index in [1.807, 2.05) is 18.3 Å². The van der Waals surface area contributed by atoms with Crippen molar-refractivity contribution in [2.24, 2.45) is 4.99 Å². The van der Waals surface area contributed by atoms with E-state index in [0.29, 0.717) is 6.54 Å². The van der Waals surface area contributed by atoms with E-state index in [0.717, 1.165) is 74.6 Å². The van der Waals surface area contributed by atoms with Crippen LogP contribution in [0.4, 0.5) is 5.82 Å². The SMILES string of the molecule is CCNC(=NCc1ccc(N2CCN(CC)CC2)nc1)NCCc1ccc(Cl)cc1.I. The quantitative estimate of drug-likeness (QED) is 0.294. The van der Waals surface area contributed by atoms with Crippen LogP contribution >= 0.6 is 35.6 Å².